The molecular weight excluding hydrogens is 189 g/mol. The van der Waals surface area contributed by atoms with E-state index < -0.39 is 0 Å². The third-order valence-corrected chi connectivity index (χ3v) is 2.09. The monoisotopic (exact) mass is 193 g/mol. The average Bonchev–Trinajstić information content (AvgIpc) is 2.33. The molecule has 0 aromatic heterocycles. The van der Waals surface area contributed by atoms with Crippen LogP contribution >= 0.6 is 15.9 Å². The number of hydrogen-bond donors (Lipinski definition) is 0. The van der Waals surface area contributed by atoms with Gasteiger partial charge >= 0.3 is 68.1 Å². The number of benzene rings is 1. The van der Waals surface area contributed by atoms with Crippen molar-refractivity contribution in [2.24, 2.45) is 4.90 Å². The summed E-state index contributed by atoms with van der Waals surface area (Å²) in [4.78, 5) is 4.15. The minimum atomic E-state index is 0.850. The second kappa shape index (κ2) is 2.31. The number of rotatable bonds is 0. The standard InChI is InChI=1S/C7H5BBrN/c9-6-2-1-5-4-10-8-7(5)3-6/h1-3H,4H2. The van der Waals surface area contributed by atoms with Gasteiger partial charge in [-0.1, -0.05) is 0 Å². The average molecular weight is 194 g/mol. The van der Waals surface area contributed by atoms with Gasteiger partial charge in [-0.05, 0) is 0 Å². The van der Waals surface area contributed by atoms with E-state index in [-0.39, 0.29) is 0 Å². The summed E-state index contributed by atoms with van der Waals surface area (Å²) in [6, 6.07) is 6.24. The van der Waals surface area contributed by atoms with Crippen LogP contribution in [0.5, 0.6) is 0 Å². The summed E-state index contributed by atoms with van der Waals surface area (Å²) in [7, 11) is 1.92. The second-order valence-corrected chi connectivity index (χ2v) is 3.23. The zero-order valence-corrected chi connectivity index (χ0v) is 6.93. The van der Waals surface area contributed by atoms with Gasteiger partial charge in [-0.15, -0.1) is 0 Å². The molecule has 1 aliphatic rings. The van der Waals surface area contributed by atoms with Crippen LogP contribution in [0.3, 0.4) is 0 Å². The molecule has 0 spiro atoms. The van der Waals surface area contributed by atoms with Crippen molar-refractivity contribution in [1.29, 1.82) is 0 Å². The zero-order chi connectivity index (χ0) is 6.97. The van der Waals surface area contributed by atoms with E-state index in [9.17, 15) is 0 Å². The maximum atomic E-state index is 4.15. The molecule has 0 atom stereocenters. The molecule has 1 heterocycles. The van der Waals surface area contributed by atoms with Gasteiger partial charge in [0.05, 0.1) is 0 Å². The predicted octanol–water partition coefficient (Wildman–Crippen LogP) is 1.48. The van der Waals surface area contributed by atoms with Crippen LogP contribution in [0.15, 0.2) is 27.6 Å². The fourth-order valence-electron chi connectivity index (χ4n) is 1.07. The molecule has 1 aromatic rings. The zero-order valence-electron chi connectivity index (χ0n) is 5.34. The summed E-state index contributed by atoms with van der Waals surface area (Å²) >= 11 is 3.40. The molecule has 48 valence electrons. The van der Waals surface area contributed by atoms with Crippen molar-refractivity contribution in [2.45, 2.75) is 6.54 Å². The molecule has 0 fully saturated rings. The third-order valence-electron chi connectivity index (χ3n) is 1.60. The van der Waals surface area contributed by atoms with Gasteiger partial charge in [0.25, 0.3) is 0 Å². The normalized spacial score (nSPS) is 12.9. The predicted molar refractivity (Wildman–Crippen MR) is 45.7 cm³/mol. The molecule has 0 unspecified atom stereocenters. The van der Waals surface area contributed by atoms with Crippen molar-refractivity contribution in [3.8, 4) is 0 Å². The summed E-state index contributed by atoms with van der Waals surface area (Å²) < 4.78 is 1.12. The van der Waals surface area contributed by atoms with Crippen molar-refractivity contribution in [3.05, 3.63) is 28.2 Å². The molecule has 0 bridgehead atoms. The third kappa shape index (κ3) is 0.946. The van der Waals surface area contributed by atoms with Crippen LogP contribution in [0.4, 0.5) is 0 Å². The van der Waals surface area contributed by atoms with E-state index in [1.165, 1.54) is 11.0 Å². The quantitative estimate of drug-likeness (QED) is 0.554. The van der Waals surface area contributed by atoms with Crippen molar-refractivity contribution >= 4 is 28.5 Å². The van der Waals surface area contributed by atoms with E-state index in [1.54, 1.807) is 0 Å². The van der Waals surface area contributed by atoms with E-state index in [1.807, 2.05) is 13.1 Å². The van der Waals surface area contributed by atoms with E-state index >= 15 is 0 Å². The number of halogens is 1. The summed E-state index contributed by atoms with van der Waals surface area (Å²) in [5, 5.41) is 0. The van der Waals surface area contributed by atoms with Crippen molar-refractivity contribution in [3.63, 3.8) is 0 Å². The molecule has 0 amide bonds. The van der Waals surface area contributed by atoms with Crippen molar-refractivity contribution in [2.75, 3.05) is 0 Å². The van der Waals surface area contributed by atoms with Crippen LogP contribution in [0.1, 0.15) is 5.56 Å². The molecule has 1 aliphatic heterocycles. The summed E-state index contributed by atoms with van der Waals surface area (Å²) in [6.07, 6.45) is 0. The van der Waals surface area contributed by atoms with Gasteiger partial charge < -0.3 is 0 Å². The Balaban J connectivity index is 2.60. The van der Waals surface area contributed by atoms with Crippen molar-refractivity contribution < 1.29 is 0 Å². The molecule has 2 rings (SSSR count). The van der Waals surface area contributed by atoms with Crippen LogP contribution in [0.2, 0.25) is 0 Å². The molecule has 10 heavy (non-hydrogen) atoms. The number of fused-ring (bicyclic) bond motifs is 1. The van der Waals surface area contributed by atoms with Gasteiger partial charge in [-0.25, -0.2) is 0 Å². The molecule has 0 radical (unpaired) electrons. The van der Waals surface area contributed by atoms with Crippen LogP contribution in [0.25, 0.3) is 0 Å². The molecule has 0 aliphatic carbocycles. The first-order valence-corrected chi connectivity index (χ1v) is 3.94. The van der Waals surface area contributed by atoms with Crippen molar-refractivity contribution in [1.82, 2.24) is 0 Å². The first-order chi connectivity index (χ1) is 4.86. The van der Waals surface area contributed by atoms with E-state index in [4.69, 9.17) is 0 Å². The minimum absolute atomic E-state index is 0.850. The number of hydrogen-bond acceptors (Lipinski definition) is 1. The molecule has 3 heteroatoms. The fourth-order valence-corrected chi connectivity index (χ4v) is 1.45. The molecule has 1 nitrogen and oxygen atoms in total. The molecule has 0 saturated heterocycles. The first kappa shape index (κ1) is 6.29. The first-order valence-electron chi connectivity index (χ1n) is 3.14. The summed E-state index contributed by atoms with van der Waals surface area (Å²) in [6.45, 7) is 0.850. The van der Waals surface area contributed by atoms with E-state index in [0.717, 1.165) is 11.0 Å². The van der Waals surface area contributed by atoms with Gasteiger partial charge in [-0.3, -0.25) is 0 Å². The molecular formula is C7H5BBrN. The Morgan fingerprint density at radius 3 is 3.30 bits per heavy atom. The fraction of sp³-hybridized carbons (Fsp3) is 0.143. The molecule has 1 aromatic carbocycles. The van der Waals surface area contributed by atoms with Gasteiger partial charge in [0.2, 0.25) is 0 Å². The SMILES string of the molecule is Brc1ccc2c(c1)B=NC2. The molecule has 0 N–H and O–H groups in total. The van der Waals surface area contributed by atoms with Crippen LogP contribution < -0.4 is 5.46 Å². The topological polar surface area (TPSA) is 12.4 Å². The Kier molecular flexibility index (Phi) is 1.45. The van der Waals surface area contributed by atoms with Gasteiger partial charge in [-0.2, -0.15) is 0 Å². The Labute approximate surface area is 68.5 Å². The van der Waals surface area contributed by atoms with Crippen LogP contribution in [-0.2, 0) is 6.54 Å². The van der Waals surface area contributed by atoms with Gasteiger partial charge in [0.1, 0.15) is 0 Å². The number of nitrogens with zero attached hydrogens (tertiary/aromatic N) is 1. The van der Waals surface area contributed by atoms with Crippen LogP contribution in [-0.4, -0.2) is 7.07 Å². The second-order valence-electron chi connectivity index (χ2n) is 2.31. The van der Waals surface area contributed by atoms with E-state index in [0.29, 0.717) is 0 Å². The Morgan fingerprint density at radius 1 is 1.50 bits per heavy atom. The van der Waals surface area contributed by atoms with E-state index in [2.05, 4.69) is 33.0 Å². The van der Waals surface area contributed by atoms with Gasteiger partial charge in [0, 0.05) is 0 Å². The van der Waals surface area contributed by atoms with Crippen LogP contribution in [0, 0.1) is 0 Å². The Bertz CT molecular complexity index is 296. The maximum absolute atomic E-state index is 4.15. The Morgan fingerprint density at radius 2 is 2.40 bits per heavy atom. The summed E-state index contributed by atoms with van der Waals surface area (Å²) in [5.41, 5.74) is 2.57. The summed E-state index contributed by atoms with van der Waals surface area (Å²) in [5.74, 6) is 0. The van der Waals surface area contributed by atoms with Gasteiger partial charge in [0.15, 0.2) is 0 Å². The Hall–Kier alpha value is -0.435. The molecule has 0 saturated carbocycles.